The molecule has 0 fully saturated rings. The van der Waals surface area contributed by atoms with Gasteiger partial charge in [0.25, 0.3) is 11.1 Å². The van der Waals surface area contributed by atoms with Gasteiger partial charge in [-0.3, -0.25) is 18.7 Å². The number of aromatic nitrogens is 4. The van der Waals surface area contributed by atoms with Crippen molar-refractivity contribution in [3.8, 4) is 0 Å². The maximum absolute atomic E-state index is 12.5. The molecule has 2 heterocycles. The highest BCUT2D eigenvalue weighted by Gasteiger charge is 2.08. The quantitative estimate of drug-likeness (QED) is 0.341. The zero-order valence-electron chi connectivity index (χ0n) is 17.6. The summed E-state index contributed by atoms with van der Waals surface area (Å²) >= 11 is 0. The fourth-order valence-corrected chi connectivity index (χ4v) is 3.81. The summed E-state index contributed by atoms with van der Waals surface area (Å²) in [4.78, 5) is 54.8. The fraction of sp³-hybridized carbons (Fsp3) is 0.304. The second kappa shape index (κ2) is 9.61. The molecule has 4 rings (SSSR count). The minimum atomic E-state index is -0.403. The van der Waals surface area contributed by atoms with Gasteiger partial charge in [-0.25, -0.2) is 9.59 Å². The summed E-state index contributed by atoms with van der Waals surface area (Å²) in [7, 11) is 0. The van der Waals surface area contributed by atoms with E-state index in [1.54, 1.807) is 48.5 Å². The zero-order valence-corrected chi connectivity index (χ0v) is 17.6. The lowest BCUT2D eigenvalue weighted by atomic mass is 10.2. The van der Waals surface area contributed by atoms with Crippen molar-refractivity contribution in [2.75, 3.05) is 13.1 Å². The minimum Gasteiger partial charge on any atom is -0.317 e. The Labute approximate surface area is 182 Å². The van der Waals surface area contributed by atoms with E-state index in [0.29, 0.717) is 60.8 Å². The molecule has 0 bridgehead atoms. The Morgan fingerprint density at radius 1 is 0.625 bits per heavy atom. The number of nitrogens with one attached hydrogen (secondary N) is 3. The maximum atomic E-state index is 12.5. The van der Waals surface area contributed by atoms with Crippen LogP contribution in [0.4, 0.5) is 0 Å². The van der Waals surface area contributed by atoms with Crippen LogP contribution in [-0.2, 0) is 13.1 Å². The van der Waals surface area contributed by atoms with Gasteiger partial charge in [-0.1, -0.05) is 24.3 Å². The molecule has 9 nitrogen and oxygen atoms in total. The fourth-order valence-electron chi connectivity index (χ4n) is 3.81. The molecule has 2 aromatic heterocycles. The van der Waals surface area contributed by atoms with Gasteiger partial charge >= 0.3 is 11.4 Å². The van der Waals surface area contributed by atoms with E-state index in [2.05, 4.69) is 15.3 Å². The first kappa shape index (κ1) is 21.5. The van der Waals surface area contributed by atoms with E-state index < -0.39 is 11.4 Å². The first-order chi connectivity index (χ1) is 15.6. The largest absolute Gasteiger partial charge is 0.328 e. The molecule has 0 spiro atoms. The van der Waals surface area contributed by atoms with Gasteiger partial charge in [-0.15, -0.1) is 0 Å². The van der Waals surface area contributed by atoms with Crippen LogP contribution in [-0.4, -0.2) is 32.2 Å². The van der Waals surface area contributed by atoms with Crippen LogP contribution in [0.3, 0.4) is 0 Å². The zero-order chi connectivity index (χ0) is 22.5. The number of hydrogen-bond donors (Lipinski definition) is 3. The van der Waals surface area contributed by atoms with Gasteiger partial charge in [0.15, 0.2) is 0 Å². The van der Waals surface area contributed by atoms with E-state index in [9.17, 15) is 19.2 Å². The van der Waals surface area contributed by atoms with Gasteiger partial charge in [0, 0.05) is 13.1 Å². The summed E-state index contributed by atoms with van der Waals surface area (Å²) < 4.78 is 2.46. The van der Waals surface area contributed by atoms with Gasteiger partial charge in [0.1, 0.15) is 0 Å². The van der Waals surface area contributed by atoms with Crippen molar-refractivity contribution in [1.29, 1.82) is 0 Å². The summed E-state index contributed by atoms with van der Waals surface area (Å²) in [6.07, 6.45) is 2.10. The van der Waals surface area contributed by atoms with E-state index in [4.69, 9.17) is 0 Å². The summed E-state index contributed by atoms with van der Waals surface area (Å²) in [5.41, 5.74) is -0.266. The maximum Gasteiger partial charge on any atom is 0.328 e. The third-order valence-corrected chi connectivity index (χ3v) is 5.50. The Hall–Kier alpha value is -3.72. The van der Waals surface area contributed by atoms with Crippen LogP contribution < -0.4 is 27.8 Å². The highest BCUT2D eigenvalue weighted by Crippen LogP contribution is 2.04. The standard InChI is InChI=1S/C23H25N5O4/c29-20-16-8-1-3-10-18(16)25-22(31)27(20)14-6-5-12-24-13-7-15-28-21(30)17-9-2-4-11-19(17)26-23(28)32/h1-4,8-11,24H,5-7,12-15H2,(H,25,31)(H,26,32). The molecular weight excluding hydrogens is 410 g/mol. The Bertz CT molecular complexity index is 1370. The van der Waals surface area contributed by atoms with Crippen molar-refractivity contribution in [2.24, 2.45) is 0 Å². The Balaban J connectivity index is 1.24. The molecule has 0 atom stereocenters. The second-order valence-corrected chi connectivity index (χ2v) is 7.68. The molecule has 3 N–H and O–H groups in total. The monoisotopic (exact) mass is 435 g/mol. The molecule has 0 radical (unpaired) electrons. The molecule has 0 aliphatic carbocycles. The van der Waals surface area contributed by atoms with Crippen molar-refractivity contribution in [2.45, 2.75) is 32.4 Å². The third kappa shape index (κ3) is 4.47. The minimum absolute atomic E-state index is 0.275. The number of nitrogens with zero attached hydrogens (tertiary/aromatic N) is 2. The molecule has 0 saturated carbocycles. The summed E-state index contributed by atoms with van der Waals surface area (Å²) in [5, 5.41) is 4.28. The van der Waals surface area contributed by atoms with Gasteiger partial charge in [-0.2, -0.15) is 0 Å². The topological polar surface area (TPSA) is 122 Å². The molecule has 0 aliphatic heterocycles. The number of para-hydroxylation sites is 2. The average molecular weight is 435 g/mol. The van der Waals surface area contributed by atoms with Crippen molar-refractivity contribution in [3.05, 3.63) is 90.2 Å². The summed E-state index contributed by atoms with van der Waals surface area (Å²) in [5.74, 6) is 0. The van der Waals surface area contributed by atoms with Crippen LogP contribution in [0, 0.1) is 0 Å². The lowest BCUT2D eigenvalue weighted by Gasteiger charge is -2.08. The molecule has 32 heavy (non-hydrogen) atoms. The lowest BCUT2D eigenvalue weighted by Crippen LogP contribution is -2.36. The van der Waals surface area contributed by atoms with E-state index in [1.807, 2.05) is 0 Å². The van der Waals surface area contributed by atoms with Crippen LogP contribution in [0.5, 0.6) is 0 Å². The van der Waals surface area contributed by atoms with Crippen molar-refractivity contribution in [3.63, 3.8) is 0 Å². The number of aromatic amines is 2. The molecule has 166 valence electrons. The predicted molar refractivity (Wildman–Crippen MR) is 124 cm³/mol. The Morgan fingerprint density at radius 2 is 1.09 bits per heavy atom. The van der Waals surface area contributed by atoms with E-state index in [0.717, 1.165) is 6.42 Å². The van der Waals surface area contributed by atoms with Crippen molar-refractivity contribution >= 4 is 21.8 Å². The van der Waals surface area contributed by atoms with E-state index >= 15 is 0 Å². The van der Waals surface area contributed by atoms with Crippen molar-refractivity contribution in [1.82, 2.24) is 24.4 Å². The van der Waals surface area contributed by atoms with Crippen LogP contribution in [0.2, 0.25) is 0 Å². The van der Waals surface area contributed by atoms with Crippen LogP contribution in [0.15, 0.2) is 67.7 Å². The highest BCUT2D eigenvalue weighted by atomic mass is 16.2. The smallest absolute Gasteiger partial charge is 0.317 e. The third-order valence-electron chi connectivity index (χ3n) is 5.50. The summed E-state index contributed by atoms with van der Waals surface area (Å²) in [6, 6.07) is 13.9. The highest BCUT2D eigenvalue weighted by molar-refractivity contribution is 5.77. The van der Waals surface area contributed by atoms with Crippen molar-refractivity contribution < 1.29 is 0 Å². The molecule has 4 aromatic rings. The second-order valence-electron chi connectivity index (χ2n) is 7.68. The van der Waals surface area contributed by atoms with E-state index in [1.165, 1.54) is 9.13 Å². The average Bonchev–Trinajstić information content (AvgIpc) is 2.79. The van der Waals surface area contributed by atoms with Crippen LogP contribution in [0.1, 0.15) is 19.3 Å². The number of unbranched alkanes of at least 4 members (excludes halogenated alkanes) is 1. The number of fused-ring (bicyclic) bond motifs is 2. The van der Waals surface area contributed by atoms with Gasteiger partial charge in [0.2, 0.25) is 0 Å². The SMILES string of the molecule is O=c1[nH]c2ccccc2c(=O)n1CCCCNCCCn1c(=O)[nH]c2ccccc2c1=O. The van der Waals surface area contributed by atoms with Crippen LogP contribution >= 0.6 is 0 Å². The van der Waals surface area contributed by atoms with E-state index in [-0.39, 0.29) is 11.1 Å². The Morgan fingerprint density at radius 3 is 1.66 bits per heavy atom. The molecule has 0 amide bonds. The molecule has 0 unspecified atom stereocenters. The normalized spacial score (nSPS) is 11.4. The van der Waals surface area contributed by atoms with Crippen LogP contribution in [0.25, 0.3) is 21.8 Å². The molecule has 0 saturated heterocycles. The number of hydrogen-bond acceptors (Lipinski definition) is 5. The number of rotatable bonds is 9. The first-order valence-electron chi connectivity index (χ1n) is 10.7. The number of benzene rings is 2. The van der Waals surface area contributed by atoms with Gasteiger partial charge in [0.05, 0.1) is 21.8 Å². The predicted octanol–water partition coefficient (Wildman–Crippen LogP) is 1.15. The molecule has 2 aromatic carbocycles. The Kier molecular flexibility index (Phi) is 6.46. The summed E-state index contributed by atoms with van der Waals surface area (Å²) in [6.45, 7) is 2.04. The molecule has 9 heteroatoms. The number of H-pyrrole nitrogens is 2. The first-order valence-corrected chi connectivity index (χ1v) is 10.7. The molecular formula is C23H25N5O4. The van der Waals surface area contributed by atoms with Gasteiger partial charge < -0.3 is 15.3 Å². The van der Waals surface area contributed by atoms with Gasteiger partial charge in [-0.05, 0) is 56.6 Å². The lowest BCUT2D eigenvalue weighted by molar-refractivity contribution is 0.521. The molecule has 0 aliphatic rings.